The Kier molecular flexibility index (Phi) is 3.83. The van der Waals surface area contributed by atoms with Gasteiger partial charge in [0.05, 0.1) is 0 Å². The first-order chi connectivity index (χ1) is 9.61. The third-order valence-corrected chi connectivity index (χ3v) is 3.84. The van der Waals surface area contributed by atoms with Crippen molar-refractivity contribution in [3.63, 3.8) is 0 Å². The number of nitrogens with one attached hydrogen (secondary N) is 1. The van der Waals surface area contributed by atoms with Crippen LogP contribution in [-0.4, -0.2) is 23.9 Å². The Bertz CT molecular complexity index is 553. The summed E-state index contributed by atoms with van der Waals surface area (Å²) in [6.07, 6.45) is 0.330. The molecule has 0 radical (unpaired) electrons. The molecule has 1 aliphatic heterocycles. The van der Waals surface area contributed by atoms with Gasteiger partial charge in [0, 0.05) is 18.7 Å². The molecule has 21 heavy (non-hydrogen) atoms. The zero-order valence-electron chi connectivity index (χ0n) is 13.5. The molecule has 0 aliphatic carbocycles. The second kappa shape index (κ2) is 5.17. The highest BCUT2D eigenvalue weighted by atomic mass is 16.2. The molecular weight excluding hydrogens is 264 g/mol. The molecule has 1 fully saturated rings. The van der Waals surface area contributed by atoms with Gasteiger partial charge in [-0.1, -0.05) is 32.9 Å². The maximum atomic E-state index is 12.6. The topological polar surface area (TPSA) is 49.4 Å². The second-order valence-corrected chi connectivity index (χ2v) is 7.18. The van der Waals surface area contributed by atoms with Crippen LogP contribution in [0.25, 0.3) is 0 Å². The smallest absolute Gasteiger partial charge is 0.252 e. The van der Waals surface area contributed by atoms with E-state index in [1.807, 2.05) is 12.1 Å². The molecule has 1 saturated heterocycles. The number of hydrogen-bond donors (Lipinski definition) is 1. The average Bonchev–Trinajstić information content (AvgIpc) is 2.46. The summed E-state index contributed by atoms with van der Waals surface area (Å²) < 4.78 is 0. The minimum atomic E-state index is -0.865. The summed E-state index contributed by atoms with van der Waals surface area (Å²) in [6, 6.07) is 8.03. The van der Waals surface area contributed by atoms with E-state index in [0.29, 0.717) is 13.0 Å². The fourth-order valence-electron chi connectivity index (χ4n) is 2.50. The van der Waals surface area contributed by atoms with Crippen LogP contribution >= 0.6 is 0 Å². The van der Waals surface area contributed by atoms with Crippen LogP contribution in [0, 0.1) is 0 Å². The van der Waals surface area contributed by atoms with Gasteiger partial charge >= 0.3 is 0 Å². The molecule has 1 aliphatic rings. The van der Waals surface area contributed by atoms with Crippen LogP contribution in [0.15, 0.2) is 24.3 Å². The normalized spacial score (nSPS) is 19.2. The lowest BCUT2D eigenvalue weighted by Crippen LogP contribution is -2.53. The Morgan fingerprint density at radius 2 is 1.67 bits per heavy atom. The summed E-state index contributed by atoms with van der Waals surface area (Å²) in [5, 5.41) is 2.77. The summed E-state index contributed by atoms with van der Waals surface area (Å²) in [5.41, 5.74) is 1.29. The number of rotatable bonds is 1. The molecule has 0 bridgehead atoms. The molecule has 1 aromatic carbocycles. The second-order valence-electron chi connectivity index (χ2n) is 7.18. The SMILES string of the molecule is CC1(C)NC(=O)CCN(c2ccc(C(C)(C)C)cc2)C1=O. The highest BCUT2D eigenvalue weighted by Crippen LogP contribution is 2.27. The Hall–Kier alpha value is -1.84. The molecule has 2 amide bonds. The maximum Gasteiger partial charge on any atom is 0.252 e. The fourth-order valence-corrected chi connectivity index (χ4v) is 2.50. The van der Waals surface area contributed by atoms with Gasteiger partial charge in [-0.05, 0) is 37.0 Å². The van der Waals surface area contributed by atoms with E-state index in [1.165, 1.54) is 5.56 Å². The van der Waals surface area contributed by atoms with Gasteiger partial charge in [-0.3, -0.25) is 9.59 Å². The minimum Gasteiger partial charge on any atom is -0.342 e. The lowest BCUT2D eigenvalue weighted by Gasteiger charge is -2.29. The van der Waals surface area contributed by atoms with Crippen LogP contribution < -0.4 is 10.2 Å². The van der Waals surface area contributed by atoms with E-state index in [1.54, 1.807) is 18.7 Å². The van der Waals surface area contributed by atoms with Gasteiger partial charge in [-0.25, -0.2) is 0 Å². The quantitative estimate of drug-likeness (QED) is 0.863. The van der Waals surface area contributed by atoms with Crippen molar-refractivity contribution in [1.82, 2.24) is 5.32 Å². The van der Waals surface area contributed by atoms with Crippen LogP contribution in [0.3, 0.4) is 0 Å². The molecule has 0 aromatic heterocycles. The molecule has 1 heterocycles. The predicted octanol–water partition coefficient (Wildman–Crippen LogP) is 2.62. The van der Waals surface area contributed by atoms with Crippen molar-refractivity contribution in [3.8, 4) is 0 Å². The predicted molar refractivity (Wildman–Crippen MR) is 84.3 cm³/mol. The summed E-state index contributed by atoms with van der Waals surface area (Å²) in [5.74, 6) is -0.154. The first-order valence-electron chi connectivity index (χ1n) is 7.35. The molecule has 1 aromatic rings. The lowest BCUT2D eigenvalue weighted by atomic mass is 9.87. The molecule has 4 heteroatoms. The summed E-state index contributed by atoms with van der Waals surface area (Å²) in [7, 11) is 0. The minimum absolute atomic E-state index is 0.0724. The number of anilines is 1. The molecule has 0 spiro atoms. The van der Waals surface area contributed by atoms with Gasteiger partial charge in [-0.15, -0.1) is 0 Å². The van der Waals surface area contributed by atoms with E-state index in [-0.39, 0.29) is 17.2 Å². The van der Waals surface area contributed by atoms with Crippen LogP contribution in [0.2, 0.25) is 0 Å². The number of benzene rings is 1. The highest BCUT2D eigenvalue weighted by Gasteiger charge is 2.37. The lowest BCUT2D eigenvalue weighted by molar-refractivity contribution is -0.128. The number of nitrogens with zero attached hydrogens (tertiary/aromatic N) is 1. The molecule has 2 rings (SSSR count). The first-order valence-corrected chi connectivity index (χ1v) is 7.35. The molecule has 114 valence electrons. The Morgan fingerprint density at radius 1 is 1.10 bits per heavy atom. The molecular formula is C17H24N2O2. The summed E-state index contributed by atoms with van der Waals surface area (Å²) in [6.45, 7) is 10.4. The zero-order chi connectivity index (χ0) is 15.8. The molecule has 0 unspecified atom stereocenters. The van der Waals surface area contributed by atoms with Gasteiger partial charge in [-0.2, -0.15) is 0 Å². The zero-order valence-corrected chi connectivity index (χ0v) is 13.5. The van der Waals surface area contributed by atoms with Gasteiger partial charge in [0.2, 0.25) is 5.91 Å². The maximum absolute atomic E-state index is 12.6. The fraction of sp³-hybridized carbons (Fsp3) is 0.529. The van der Waals surface area contributed by atoms with Crippen molar-refractivity contribution < 1.29 is 9.59 Å². The van der Waals surface area contributed by atoms with Gasteiger partial charge in [0.15, 0.2) is 0 Å². The Balaban J connectivity index is 2.32. The van der Waals surface area contributed by atoms with Crippen molar-refractivity contribution in [2.45, 2.75) is 52.0 Å². The van der Waals surface area contributed by atoms with E-state index < -0.39 is 5.54 Å². The third kappa shape index (κ3) is 3.26. The third-order valence-electron chi connectivity index (χ3n) is 3.84. The Morgan fingerprint density at radius 3 is 2.19 bits per heavy atom. The van der Waals surface area contributed by atoms with Crippen LogP contribution in [0.5, 0.6) is 0 Å². The first kappa shape index (κ1) is 15.5. The Labute approximate surface area is 126 Å². The molecule has 1 N–H and O–H groups in total. The van der Waals surface area contributed by atoms with Gasteiger partial charge in [0.1, 0.15) is 5.54 Å². The molecule has 4 nitrogen and oxygen atoms in total. The number of hydrogen-bond acceptors (Lipinski definition) is 2. The largest absolute Gasteiger partial charge is 0.342 e. The van der Waals surface area contributed by atoms with Crippen molar-refractivity contribution >= 4 is 17.5 Å². The molecule has 0 atom stereocenters. The van der Waals surface area contributed by atoms with Crippen LogP contribution in [0.4, 0.5) is 5.69 Å². The molecule has 0 saturated carbocycles. The van der Waals surface area contributed by atoms with Crippen molar-refractivity contribution in [2.75, 3.05) is 11.4 Å². The van der Waals surface area contributed by atoms with E-state index in [9.17, 15) is 9.59 Å². The number of amides is 2. The van der Waals surface area contributed by atoms with Crippen LogP contribution in [-0.2, 0) is 15.0 Å². The highest BCUT2D eigenvalue weighted by molar-refractivity contribution is 6.03. The van der Waals surface area contributed by atoms with E-state index in [4.69, 9.17) is 0 Å². The number of carbonyl (C=O) groups excluding carboxylic acids is 2. The van der Waals surface area contributed by atoms with E-state index >= 15 is 0 Å². The van der Waals surface area contributed by atoms with Crippen molar-refractivity contribution in [2.24, 2.45) is 0 Å². The van der Waals surface area contributed by atoms with Gasteiger partial charge < -0.3 is 10.2 Å². The summed E-state index contributed by atoms with van der Waals surface area (Å²) >= 11 is 0. The van der Waals surface area contributed by atoms with Gasteiger partial charge in [0.25, 0.3) is 5.91 Å². The standard InChI is InChI=1S/C17H24N2O2/c1-16(2,3)12-6-8-13(9-7-12)19-11-10-14(20)18-17(4,5)15(19)21/h6-9H,10-11H2,1-5H3,(H,18,20). The van der Waals surface area contributed by atoms with Crippen molar-refractivity contribution in [1.29, 1.82) is 0 Å². The van der Waals surface area contributed by atoms with Crippen LogP contribution in [0.1, 0.15) is 46.6 Å². The van der Waals surface area contributed by atoms with E-state index in [0.717, 1.165) is 5.69 Å². The van der Waals surface area contributed by atoms with E-state index in [2.05, 4.69) is 38.2 Å². The monoisotopic (exact) mass is 288 g/mol. The summed E-state index contributed by atoms with van der Waals surface area (Å²) in [4.78, 5) is 26.0. The van der Waals surface area contributed by atoms with Crippen molar-refractivity contribution in [3.05, 3.63) is 29.8 Å². The average molecular weight is 288 g/mol. The number of carbonyl (C=O) groups is 2.